The van der Waals surface area contributed by atoms with Crippen LogP contribution in [0.15, 0.2) is 76.7 Å². The van der Waals surface area contributed by atoms with Crippen molar-refractivity contribution in [2.75, 3.05) is 25.0 Å². The first-order chi connectivity index (χ1) is 20.5. The number of hydrogen-bond donors (Lipinski definition) is 2. The minimum absolute atomic E-state index is 0.0300. The quantitative estimate of drug-likeness (QED) is 0.390. The van der Waals surface area contributed by atoms with Crippen LogP contribution < -0.4 is 24.8 Å². The zero-order valence-corrected chi connectivity index (χ0v) is 23.5. The molecule has 0 radical (unpaired) electrons. The van der Waals surface area contributed by atoms with Crippen molar-refractivity contribution < 1.29 is 28.6 Å². The van der Waals surface area contributed by atoms with Crippen LogP contribution in [-0.2, 0) is 20.9 Å². The molecule has 6 rings (SSSR count). The summed E-state index contributed by atoms with van der Waals surface area (Å²) in [6.07, 6.45) is 0.359. The Bertz CT molecular complexity index is 1620. The molecule has 42 heavy (non-hydrogen) atoms. The maximum atomic E-state index is 13.5. The summed E-state index contributed by atoms with van der Waals surface area (Å²) in [5.41, 5.74) is 2.88. The van der Waals surface area contributed by atoms with Crippen molar-refractivity contribution in [3.05, 3.63) is 77.9 Å². The van der Waals surface area contributed by atoms with Crippen LogP contribution >= 0.6 is 11.8 Å². The van der Waals surface area contributed by atoms with Crippen LogP contribution in [0.2, 0.25) is 0 Å². The number of thioether (sulfide) groups is 1. The van der Waals surface area contributed by atoms with Gasteiger partial charge in [-0.15, -0.1) is 0 Å². The number of ether oxygens (including phenoxy) is 3. The Hall–Kier alpha value is -4.84. The summed E-state index contributed by atoms with van der Waals surface area (Å²) in [4.78, 5) is 49.7. The third-order valence-electron chi connectivity index (χ3n) is 6.81. The highest BCUT2D eigenvalue weighted by molar-refractivity contribution is 8.14. The maximum Gasteiger partial charge on any atom is 0.259 e. The van der Waals surface area contributed by atoms with Gasteiger partial charge in [0.05, 0.1) is 18.6 Å². The smallest absolute Gasteiger partial charge is 0.259 e. The number of para-hydroxylation sites is 1. The second kappa shape index (κ2) is 12.0. The standard InChI is InChI=1S/C30H27N5O6S/c1-39-20-6-4-5-19(14-20)32-27(37)16-42-30-34-22-8-3-2-7-21(22)28-33-23(29(38)35(28)30)10-12-26(36)31-15-18-9-11-24-25(13-18)41-17-40-24/h2-9,11,13-14,23H,10,12,15-17H2,1H3,(H,31,36)(H,32,37)/t23-/m0/s1. The van der Waals surface area contributed by atoms with E-state index in [1.165, 1.54) is 4.90 Å². The average Bonchev–Trinajstić information content (AvgIpc) is 3.62. The molecule has 3 amide bonds. The van der Waals surface area contributed by atoms with Gasteiger partial charge in [-0.3, -0.25) is 19.4 Å². The van der Waals surface area contributed by atoms with E-state index in [2.05, 4.69) is 15.6 Å². The van der Waals surface area contributed by atoms with Crippen LogP contribution in [0.25, 0.3) is 0 Å². The van der Waals surface area contributed by atoms with Crippen molar-refractivity contribution in [3.63, 3.8) is 0 Å². The van der Waals surface area contributed by atoms with Crippen LogP contribution in [0, 0.1) is 0 Å². The monoisotopic (exact) mass is 585 g/mol. The molecule has 214 valence electrons. The van der Waals surface area contributed by atoms with Gasteiger partial charge in [0.1, 0.15) is 17.6 Å². The van der Waals surface area contributed by atoms with E-state index in [1.54, 1.807) is 31.4 Å². The first kappa shape index (κ1) is 27.3. The number of anilines is 1. The van der Waals surface area contributed by atoms with Gasteiger partial charge in [-0.25, -0.2) is 9.89 Å². The molecular weight excluding hydrogens is 558 g/mol. The number of methoxy groups -OCH3 is 1. The van der Waals surface area contributed by atoms with Gasteiger partial charge in [-0.05, 0) is 48.4 Å². The van der Waals surface area contributed by atoms with E-state index >= 15 is 0 Å². The highest BCUT2D eigenvalue weighted by atomic mass is 32.2. The number of carbonyl (C=O) groups excluding carboxylic acids is 3. The lowest BCUT2D eigenvalue weighted by Crippen LogP contribution is -2.41. The van der Waals surface area contributed by atoms with Gasteiger partial charge < -0.3 is 24.8 Å². The fraction of sp³-hybridized carbons (Fsp3) is 0.233. The number of nitrogens with one attached hydrogen (secondary N) is 2. The molecule has 11 nitrogen and oxygen atoms in total. The Kier molecular flexibility index (Phi) is 7.78. The lowest BCUT2D eigenvalue weighted by atomic mass is 10.1. The van der Waals surface area contributed by atoms with Gasteiger partial charge in [-0.2, -0.15) is 0 Å². The molecular formula is C30H27N5O6S. The summed E-state index contributed by atoms with van der Waals surface area (Å²) < 4.78 is 15.9. The number of nitrogens with zero attached hydrogens (tertiary/aromatic N) is 3. The normalized spacial score (nSPS) is 16.3. The van der Waals surface area contributed by atoms with Crippen molar-refractivity contribution in [2.24, 2.45) is 9.98 Å². The minimum Gasteiger partial charge on any atom is -0.497 e. The van der Waals surface area contributed by atoms with Crippen molar-refractivity contribution in [3.8, 4) is 17.2 Å². The molecule has 12 heteroatoms. The van der Waals surface area contributed by atoms with E-state index in [0.29, 0.717) is 46.2 Å². The average molecular weight is 586 g/mol. The number of benzene rings is 3. The molecule has 0 saturated carbocycles. The van der Waals surface area contributed by atoms with Gasteiger partial charge >= 0.3 is 0 Å². The number of amides is 3. The van der Waals surface area contributed by atoms with Crippen molar-refractivity contribution in [1.29, 1.82) is 0 Å². The maximum absolute atomic E-state index is 13.5. The van der Waals surface area contributed by atoms with Crippen molar-refractivity contribution >= 4 is 51.9 Å². The van der Waals surface area contributed by atoms with Crippen LogP contribution in [-0.4, -0.2) is 59.3 Å². The van der Waals surface area contributed by atoms with E-state index in [-0.39, 0.29) is 43.1 Å². The lowest BCUT2D eigenvalue weighted by molar-refractivity contribution is -0.125. The minimum atomic E-state index is -0.737. The number of fused-ring (bicyclic) bond motifs is 4. The van der Waals surface area contributed by atoms with Gasteiger partial charge in [-0.1, -0.05) is 36.0 Å². The Morgan fingerprint density at radius 3 is 2.79 bits per heavy atom. The van der Waals surface area contributed by atoms with E-state index < -0.39 is 6.04 Å². The largest absolute Gasteiger partial charge is 0.497 e. The van der Waals surface area contributed by atoms with Gasteiger partial charge in [0, 0.05) is 30.3 Å². The van der Waals surface area contributed by atoms with Crippen LogP contribution in [0.5, 0.6) is 17.2 Å². The predicted molar refractivity (Wildman–Crippen MR) is 158 cm³/mol. The summed E-state index contributed by atoms with van der Waals surface area (Å²) in [5, 5.41) is 6.09. The number of amidine groups is 2. The molecule has 0 unspecified atom stereocenters. The molecule has 2 N–H and O–H groups in total. The SMILES string of the molecule is COc1cccc(NC(=O)CSC2=Nc3ccccc3C3=N[C@@H](CCC(=O)NCc4ccc5c(c4)OCO5)C(=O)N23)c1. The Morgan fingerprint density at radius 2 is 1.90 bits per heavy atom. The van der Waals surface area contributed by atoms with Crippen LogP contribution in [0.3, 0.4) is 0 Å². The highest BCUT2D eigenvalue weighted by Crippen LogP contribution is 2.35. The fourth-order valence-electron chi connectivity index (χ4n) is 4.72. The highest BCUT2D eigenvalue weighted by Gasteiger charge is 2.41. The molecule has 0 spiro atoms. The van der Waals surface area contributed by atoms with E-state index in [0.717, 1.165) is 22.9 Å². The second-order valence-corrected chi connectivity index (χ2v) is 10.6. The van der Waals surface area contributed by atoms with Crippen LogP contribution in [0.4, 0.5) is 11.4 Å². The van der Waals surface area contributed by atoms with Crippen molar-refractivity contribution in [1.82, 2.24) is 10.2 Å². The molecule has 3 aliphatic rings. The summed E-state index contributed by atoms with van der Waals surface area (Å²) in [7, 11) is 1.56. The lowest BCUT2D eigenvalue weighted by Gasteiger charge is -2.25. The number of hydrogen-bond acceptors (Lipinski definition) is 9. The Labute approximate surface area is 246 Å². The zero-order valence-electron chi connectivity index (χ0n) is 22.7. The molecule has 0 saturated heterocycles. The first-order valence-electron chi connectivity index (χ1n) is 13.3. The molecule has 3 aromatic carbocycles. The van der Waals surface area contributed by atoms with Crippen molar-refractivity contribution in [2.45, 2.75) is 25.4 Å². The van der Waals surface area contributed by atoms with Gasteiger partial charge in [0.2, 0.25) is 18.6 Å². The van der Waals surface area contributed by atoms with E-state index in [9.17, 15) is 14.4 Å². The number of aliphatic imine (C=N–C) groups is 2. The summed E-state index contributed by atoms with van der Waals surface area (Å²) in [5.74, 6) is 1.75. The van der Waals surface area contributed by atoms with E-state index in [4.69, 9.17) is 19.2 Å². The van der Waals surface area contributed by atoms with E-state index in [1.807, 2.05) is 42.5 Å². The number of carbonyl (C=O) groups is 3. The third kappa shape index (κ3) is 5.79. The summed E-state index contributed by atoms with van der Waals surface area (Å²) >= 11 is 1.15. The number of rotatable bonds is 9. The Morgan fingerprint density at radius 1 is 1.05 bits per heavy atom. The molecule has 0 aliphatic carbocycles. The molecule has 3 heterocycles. The van der Waals surface area contributed by atoms with Gasteiger partial charge in [0.15, 0.2) is 16.7 Å². The second-order valence-electron chi connectivity index (χ2n) is 9.63. The van der Waals surface area contributed by atoms with Gasteiger partial charge in [0.25, 0.3) is 5.91 Å². The molecule has 0 bridgehead atoms. The zero-order chi connectivity index (χ0) is 29.1. The molecule has 0 fully saturated rings. The van der Waals surface area contributed by atoms with Crippen LogP contribution in [0.1, 0.15) is 24.0 Å². The summed E-state index contributed by atoms with van der Waals surface area (Å²) in [6, 6.07) is 19.2. The molecule has 0 aromatic heterocycles. The predicted octanol–water partition coefficient (Wildman–Crippen LogP) is 3.85. The fourth-order valence-corrected chi connectivity index (χ4v) is 5.52. The Balaban J connectivity index is 1.08. The first-order valence-corrected chi connectivity index (χ1v) is 14.3. The third-order valence-corrected chi connectivity index (χ3v) is 7.74. The summed E-state index contributed by atoms with van der Waals surface area (Å²) in [6.45, 7) is 0.513. The molecule has 1 atom stereocenters. The molecule has 3 aliphatic heterocycles. The topological polar surface area (TPSA) is 131 Å². The molecule has 3 aromatic rings.